The van der Waals surface area contributed by atoms with Crippen LogP contribution in [0.15, 0.2) is 18.2 Å². The Hall–Kier alpha value is -1.38. The van der Waals surface area contributed by atoms with Crippen LogP contribution in [-0.4, -0.2) is 5.75 Å². The summed E-state index contributed by atoms with van der Waals surface area (Å²) in [5.74, 6) is 6.86. The molecule has 0 heterocycles. The van der Waals surface area contributed by atoms with Gasteiger partial charge in [-0.1, -0.05) is 11.8 Å². The van der Waals surface area contributed by atoms with Crippen LogP contribution in [0.4, 0.5) is 0 Å². The predicted molar refractivity (Wildman–Crippen MR) is 61.2 cm³/mol. The molecule has 0 aromatic heterocycles. The maximum absolute atomic E-state index is 8.67. The number of hydrogen-bond acceptors (Lipinski definition) is 2. The molecule has 0 unspecified atom stereocenters. The number of nitriles is 1. The highest BCUT2D eigenvalue weighted by Crippen LogP contribution is 2.08. The van der Waals surface area contributed by atoms with E-state index in [9.17, 15) is 0 Å². The van der Waals surface area contributed by atoms with E-state index in [2.05, 4.69) is 30.5 Å². The second-order valence-electron chi connectivity index (χ2n) is 2.92. The van der Waals surface area contributed by atoms with Gasteiger partial charge < -0.3 is 0 Å². The summed E-state index contributed by atoms with van der Waals surface area (Å²) in [6, 6.07) is 7.63. The van der Waals surface area contributed by atoms with Crippen LogP contribution in [0.3, 0.4) is 0 Å². The summed E-state index contributed by atoms with van der Waals surface area (Å²) in [4.78, 5) is 0. The van der Waals surface area contributed by atoms with Crippen molar-refractivity contribution in [3.05, 3.63) is 34.9 Å². The molecule has 1 aromatic rings. The van der Waals surface area contributed by atoms with Gasteiger partial charge in [0.1, 0.15) is 0 Å². The Morgan fingerprint density at radius 2 is 2.21 bits per heavy atom. The minimum absolute atomic E-state index is 0.683. The lowest BCUT2D eigenvalue weighted by molar-refractivity contribution is 1.31. The van der Waals surface area contributed by atoms with Crippen LogP contribution in [-0.2, 0) is 0 Å². The highest BCUT2D eigenvalue weighted by atomic mass is 32.1. The first-order chi connectivity index (χ1) is 6.77. The highest BCUT2D eigenvalue weighted by molar-refractivity contribution is 7.80. The monoisotopic (exact) mass is 201 g/mol. The third kappa shape index (κ3) is 2.83. The van der Waals surface area contributed by atoms with E-state index < -0.39 is 0 Å². The Morgan fingerprint density at radius 3 is 2.79 bits per heavy atom. The van der Waals surface area contributed by atoms with Crippen LogP contribution in [0.2, 0.25) is 0 Å². The fourth-order valence-corrected chi connectivity index (χ4v) is 1.20. The summed E-state index contributed by atoms with van der Waals surface area (Å²) in [6.07, 6.45) is 0.794. The van der Waals surface area contributed by atoms with Crippen LogP contribution in [0.25, 0.3) is 0 Å². The average Bonchev–Trinajstić information content (AvgIpc) is 2.20. The molecular weight excluding hydrogens is 190 g/mol. The maximum atomic E-state index is 8.67. The summed E-state index contributed by atoms with van der Waals surface area (Å²) < 4.78 is 0. The predicted octanol–water partition coefficient (Wildman–Crippen LogP) is 2.54. The lowest BCUT2D eigenvalue weighted by Gasteiger charge is -1.97. The first-order valence-electron chi connectivity index (χ1n) is 4.38. The Morgan fingerprint density at radius 1 is 1.43 bits per heavy atom. The first kappa shape index (κ1) is 10.7. The van der Waals surface area contributed by atoms with E-state index in [0.29, 0.717) is 5.56 Å². The van der Waals surface area contributed by atoms with Gasteiger partial charge in [-0.05, 0) is 30.7 Å². The molecule has 1 rings (SSSR count). The van der Waals surface area contributed by atoms with Crippen LogP contribution >= 0.6 is 12.6 Å². The molecule has 0 spiro atoms. The fraction of sp³-hybridized carbons (Fsp3) is 0.250. The molecule has 0 saturated heterocycles. The Kier molecular flexibility index (Phi) is 4.11. The quantitative estimate of drug-likeness (QED) is 0.548. The van der Waals surface area contributed by atoms with Crippen molar-refractivity contribution >= 4 is 12.6 Å². The number of rotatable bonds is 1. The molecule has 0 amide bonds. The van der Waals surface area contributed by atoms with E-state index in [1.54, 1.807) is 6.07 Å². The van der Waals surface area contributed by atoms with Crippen molar-refractivity contribution in [2.45, 2.75) is 13.3 Å². The zero-order valence-electron chi connectivity index (χ0n) is 8.04. The maximum Gasteiger partial charge on any atom is 0.0991 e. The van der Waals surface area contributed by atoms with Crippen molar-refractivity contribution < 1.29 is 0 Å². The molecule has 0 radical (unpaired) electrons. The minimum atomic E-state index is 0.683. The van der Waals surface area contributed by atoms with E-state index in [1.807, 2.05) is 19.1 Å². The van der Waals surface area contributed by atoms with Gasteiger partial charge in [0, 0.05) is 17.7 Å². The van der Waals surface area contributed by atoms with Gasteiger partial charge in [-0.2, -0.15) is 17.9 Å². The van der Waals surface area contributed by atoms with Gasteiger partial charge in [0.15, 0.2) is 0 Å². The largest absolute Gasteiger partial charge is 0.192 e. The Labute approximate surface area is 90.2 Å². The summed E-state index contributed by atoms with van der Waals surface area (Å²) in [5.41, 5.74) is 2.73. The normalized spacial score (nSPS) is 8.64. The van der Waals surface area contributed by atoms with Gasteiger partial charge in [0.25, 0.3) is 0 Å². The number of thiol groups is 1. The molecule has 0 atom stereocenters. The van der Waals surface area contributed by atoms with E-state index in [0.717, 1.165) is 23.3 Å². The molecule has 0 N–H and O–H groups in total. The highest BCUT2D eigenvalue weighted by Gasteiger charge is 1.95. The van der Waals surface area contributed by atoms with Gasteiger partial charge in [0.2, 0.25) is 0 Å². The van der Waals surface area contributed by atoms with Crippen molar-refractivity contribution in [2.24, 2.45) is 0 Å². The molecular formula is C12H11NS. The molecule has 0 aliphatic heterocycles. The van der Waals surface area contributed by atoms with Crippen LogP contribution in [0.1, 0.15) is 23.1 Å². The van der Waals surface area contributed by atoms with Gasteiger partial charge >= 0.3 is 0 Å². The smallest absolute Gasteiger partial charge is 0.0991 e. The molecule has 2 heteroatoms. The number of hydrogen-bond donors (Lipinski definition) is 1. The molecule has 1 nitrogen and oxygen atoms in total. The van der Waals surface area contributed by atoms with Gasteiger partial charge in [-0.15, -0.1) is 0 Å². The molecule has 14 heavy (non-hydrogen) atoms. The van der Waals surface area contributed by atoms with Crippen molar-refractivity contribution in [1.29, 1.82) is 5.26 Å². The molecule has 0 saturated carbocycles. The summed E-state index contributed by atoms with van der Waals surface area (Å²) >= 11 is 4.08. The van der Waals surface area contributed by atoms with Crippen molar-refractivity contribution in [3.8, 4) is 17.9 Å². The molecule has 0 bridgehead atoms. The van der Waals surface area contributed by atoms with Crippen LogP contribution in [0, 0.1) is 30.1 Å². The summed E-state index contributed by atoms with van der Waals surface area (Å²) in [7, 11) is 0. The topological polar surface area (TPSA) is 23.8 Å². The van der Waals surface area contributed by atoms with E-state index in [-0.39, 0.29) is 0 Å². The first-order valence-corrected chi connectivity index (χ1v) is 5.01. The zero-order valence-corrected chi connectivity index (χ0v) is 8.94. The van der Waals surface area contributed by atoms with E-state index in [4.69, 9.17) is 5.26 Å². The number of benzene rings is 1. The lowest BCUT2D eigenvalue weighted by atomic mass is 10.1. The molecule has 0 aliphatic carbocycles. The van der Waals surface area contributed by atoms with Crippen LogP contribution < -0.4 is 0 Å². The van der Waals surface area contributed by atoms with E-state index in [1.165, 1.54) is 0 Å². The SMILES string of the molecule is Cc1cc(C#N)ccc1C#CCCS. The van der Waals surface area contributed by atoms with Gasteiger partial charge in [0.05, 0.1) is 11.6 Å². The number of nitrogens with zero attached hydrogens (tertiary/aromatic N) is 1. The minimum Gasteiger partial charge on any atom is -0.192 e. The van der Waals surface area contributed by atoms with Crippen LogP contribution in [0.5, 0.6) is 0 Å². The number of aryl methyl sites for hydroxylation is 1. The van der Waals surface area contributed by atoms with Crippen molar-refractivity contribution in [1.82, 2.24) is 0 Å². The van der Waals surface area contributed by atoms with Crippen molar-refractivity contribution in [3.63, 3.8) is 0 Å². The molecule has 0 aliphatic rings. The Balaban J connectivity index is 2.92. The lowest BCUT2D eigenvalue weighted by Crippen LogP contribution is -1.84. The summed E-state index contributed by atoms with van der Waals surface area (Å²) in [6.45, 7) is 1.96. The average molecular weight is 201 g/mol. The second-order valence-corrected chi connectivity index (χ2v) is 3.36. The summed E-state index contributed by atoms with van der Waals surface area (Å²) in [5, 5.41) is 8.67. The van der Waals surface area contributed by atoms with Gasteiger partial charge in [-0.3, -0.25) is 0 Å². The van der Waals surface area contributed by atoms with Crippen molar-refractivity contribution in [2.75, 3.05) is 5.75 Å². The standard InChI is InChI=1S/C12H11NS/c1-10-8-11(9-13)5-6-12(10)4-2-3-7-14/h5-6,8,14H,3,7H2,1H3. The molecule has 1 aromatic carbocycles. The zero-order chi connectivity index (χ0) is 10.4. The molecule has 70 valence electrons. The van der Waals surface area contributed by atoms with E-state index >= 15 is 0 Å². The van der Waals surface area contributed by atoms with Gasteiger partial charge in [-0.25, -0.2) is 0 Å². The third-order valence-electron chi connectivity index (χ3n) is 1.82. The fourth-order valence-electron chi connectivity index (χ4n) is 1.09. The second kappa shape index (κ2) is 5.37. The Bertz CT molecular complexity index is 418. The third-order valence-corrected chi connectivity index (χ3v) is 2.04. The molecule has 0 fully saturated rings.